The molecule has 1 unspecified atom stereocenters. The average molecular weight is 300 g/mol. The van der Waals surface area contributed by atoms with Crippen LogP contribution in [0.5, 0.6) is 0 Å². The lowest BCUT2D eigenvalue weighted by atomic mass is 10.4. The van der Waals surface area contributed by atoms with Crippen LogP contribution < -0.4 is 5.32 Å². The van der Waals surface area contributed by atoms with Crippen LogP contribution in [0.3, 0.4) is 0 Å². The Balaban J connectivity index is 2.03. The first-order valence-corrected chi connectivity index (χ1v) is 8.79. The van der Waals surface area contributed by atoms with Gasteiger partial charge in [0.05, 0.1) is 18.1 Å². The van der Waals surface area contributed by atoms with Gasteiger partial charge in [-0.05, 0) is 44.9 Å². The molecule has 0 spiro atoms. The zero-order valence-electron chi connectivity index (χ0n) is 12.2. The van der Waals surface area contributed by atoms with Crippen molar-refractivity contribution in [3.05, 3.63) is 24.2 Å². The van der Waals surface area contributed by atoms with Gasteiger partial charge in [0, 0.05) is 12.6 Å². The standard InChI is InChI=1S/C14H24N2O3S/c1-3-8-15-10-12(2)20(17,18)16(13-6-7-13)11-14-5-4-9-19-14/h4-5,9,12-13,15H,3,6-8,10-11H2,1-2H3. The van der Waals surface area contributed by atoms with Crippen molar-refractivity contribution in [1.29, 1.82) is 0 Å². The van der Waals surface area contributed by atoms with Crippen LogP contribution in [0.2, 0.25) is 0 Å². The lowest BCUT2D eigenvalue weighted by Gasteiger charge is -2.25. The van der Waals surface area contributed by atoms with Gasteiger partial charge in [0.25, 0.3) is 0 Å². The maximum Gasteiger partial charge on any atom is 0.218 e. The SMILES string of the molecule is CCCNCC(C)S(=O)(=O)N(Cc1ccco1)C1CC1. The summed E-state index contributed by atoms with van der Waals surface area (Å²) in [5, 5.41) is 2.77. The molecule has 1 aromatic rings. The number of rotatable bonds is 9. The van der Waals surface area contributed by atoms with E-state index in [4.69, 9.17) is 4.42 Å². The molecule has 0 radical (unpaired) electrons. The second-order valence-electron chi connectivity index (χ2n) is 5.42. The maximum atomic E-state index is 12.7. The van der Waals surface area contributed by atoms with E-state index >= 15 is 0 Å². The fourth-order valence-corrected chi connectivity index (χ4v) is 3.89. The Morgan fingerprint density at radius 3 is 2.80 bits per heavy atom. The summed E-state index contributed by atoms with van der Waals surface area (Å²) in [5.41, 5.74) is 0. The minimum absolute atomic E-state index is 0.152. The molecule has 1 aromatic heterocycles. The number of furan rings is 1. The molecule has 5 nitrogen and oxygen atoms in total. The van der Waals surface area contributed by atoms with Crippen molar-refractivity contribution in [2.75, 3.05) is 13.1 Å². The fraction of sp³-hybridized carbons (Fsp3) is 0.714. The molecule has 0 aromatic carbocycles. The molecule has 0 aliphatic heterocycles. The van der Waals surface area contributed by atoms with E-state index in [0.29, 0.717) is 18.8 Å². The average Bonchev–Trinajstić information content (AvgIpc) is 3.12. The van der Waals surface area contributed by atoms with E-state index in [-0.39, 0.29) is 6.04 Å². The number of nitrogens with one attached hydrogen (secondary N) is 1. The van der Waals surface area contributed by atoms with Crippen molar-refractivity contribution in [2.24, 2.45) is 0 Å². The van der Waals surface area contributed by atoms with Gasteiger partial charge in [0.2, 0.25) is 10.0 Å². The summed E-state index contributed by atoms with van der Waals surface area (Å²) in [6.07, 6.45) is 4.49. The van der Waals surface area contributed by atoms with E-state index in [2.05, 4.69) is 12.2 Å². The van der Waals surface area contributed by atoms with E-state index in [9.17, 15) is 8.42 Å². The van der Waals surface area contributed by atoms with Gasteiger partial charge in [-0.25, -0.2) is 8.42 Å². The van der Waals surface area contributed by atoms with Crippen molar-refractivity contribution in [2.45, 2.75) is 50.9 Å². The van der Waals surface area contributed by atoms with Gasteiger partial charge in [-0.3, -0.25) is 0 Å². The van der Waals surface area contributed by atoms with Crippen LogP contribution in [-0.4, -0.2) is 37.1 Å². The highest BCUT2D eigenvalue weighted by atomic mass is 32.2. The van der Waals surface area contributed by atoms with Crippen molar-refractivity contribution >= 4 is 10.0 Å². The Labute approximate surface area is 121 Å². The van der Waals surface area contributed by atoms with E-state index in [1.165, 1.54) is 0 Å². The predicted molar refractivity (Wildman–Crippen MR) is 78.8 cm³/mol. The zero-order chi connectivity index (χ0) is 14.6. The Hall–Kier alpha value is -0.850. The van der Waals surface area contributed by atoms with E-state index in [1.807, 2.05) is 6.07 Å². The molecule has 1 aliphatic carbocycles. The Morgan fingerprint density at radius 1 is 1.50 bits per heavy atom. The van der Waals surface area contributed by atoms with Gasteiger partial charge in [-0.2, -0.15) is 4.31 Å². The van der Waals surface area contributed by atoms with Crippen molar-refractivity contribution in [3.8, 4) is 0 Å². The minimum Gasteiger partial charge on any atom is -0.468 e. The van der Waals surface area contributed by atoms with Crippen molar-refractivity contribution in [1.82, 2.24) is 9.62 Å². The van der Waals surface area contributed by atoms with Gasteiger partial charge in [-0.1, -0.05) is 6.92 Å². The first kappa shape index (κ1) is 15.5. The van der Waals surface area contributed by atoms with Crippen LogP contribution in [-0.2, 0) is 16.6 Å². The fourth-order valence-electron chi connectivity index (χ4n) is 2.16. The second kappa shape index (κ2) is 6.74. The third kappa shape index (κ3) is 3.84. The highest BCUT2D eigenvalue weighted by molar-refractivity contribution is 7.89. The largest absolute Gasteiger partial charge is 0.468 e. The Kier molecular flexibility index (Phi) is 5.23. The van der Waals surface area contributed by atoms with Crippen LogP contribution in [0.1, 0.15) is 38.9 Å². The summed E-state index contributed by atoms with van der Waals surface area (Å²) in [5.74, 6) is 0.703. The first-order chi connectivity index (χ1) is 9.55. The van der Waals surface area contributed by atoms with Gasteiger partial charge in [0.15, 0.2) is 0 Å². The normalized spacial score (nSPS) is 17.6. The molecular formula is C14H24N2O3S. The molecule has 1 fully saturated rings. The maximum absolute atomic E-state index is 12.7. The summed E-state index contributed by atoms with van der Waals surface area (Å²) < 4.78 is 32.3. The van der Waals surface area contributed by atoms with Gasteiger partial charge >= 0.3 is 0 Å². The summed E-state index contributed by atoms with van der Waals surface area (Å²) in [6, 6.07) is 3.77. The molecule has 1 saturated carbocycles. The lowest BCUT2D eigenvalue weighted by Crippen LogP contribution is -2.42. The molecule has 1 N–H and O–H groups in total. The summed E-state index contributed by atoms with van der Waals surface area (Å²) in [7, 11) is -3.28. The summed E-state index contributed by atoms with van der Waals surface area (Å²) >= 11 is 0. The molecule has 2 rings (SSSR count). The summed E-state index contributed by atoms with van der Waals surface area (Å²) in [4.78, 5) is 0. The minimum atomic E-state index is -3.28. The lowest BCUT2D eigenvalue weighted by molar-refractivity contribution is 0.352. The highest BCUT2D eigenvalue weighted by Gasteiger charge is 2.40. The monoisotopic (exact) mass is 300 g/mol. The molecule has 0 amide bonds. The van der Waals surface area contributed by atoms with E-state index in [0.717, 1.165) is 25.8 Å². The van der Waals surface area contributed by atoms with Crippen LogP contribution in [0, 0.1) is 0 Å². The summed E-state index contributed by atoms with van der Waals surface area (Å²) in [6.45, 7) is 5.53. The number of nitrogens with zero attached hydrogens (tertiary/aromatic N) is 1. The van der Waals surface area contributed by atoms with Crippen molar-refractivity contribution in [3.63, 3.8) is 0 Å². The number of hydrogen-bond acceptors (Lipinski definition) is 4. The van der Waals surface area contributed by atoms with Crippen LogP contribution in [0.4, 0.5) is 0 Å². The van der Waals surface area contributed by atoms with Gasteiger partial charge < -0.3 is 9.73 Å². The molecular weight excluding hydrogens is 276 g/mol. The molecule has 1 heterocycles. The molecule has 6 heteroatoms. The van der Waals surface area contributed by atoms with Gasteiger partial charge in [0.1, 0.15) is 5.76 Å². The topological polar surface area (TPSA) is 62.6 Å². The smallest absolute Gasteiger partial charge is 0.218 e. The van der Waals surface area contributed by atoms with Crippen LogP contribution >= 0.6 is 0 Å². The number of hydrogen-bond donors (Lipinski definition) is 1. The molecule has 114 valence electrons. The van der Waals surface area contributed by atoms with Crippen LogP contribution in [0.15, 0.2) is 22.8 Å². The third-order valence-corrected chi connectivity index (χ3v) is 5.80. The van der Waals surface area contributed by atoms with Crippen LogP contribution in [0.25, 0.3) is 0 Å². The highest BCUT2D eigenvalue weighted by Crippen LogP contribution is 2.32. The Bertz CT molecular complexity index is 494. The number of sulfonamides is 1. The molecule has 0 saturated heterocycles. The quantitative estimate of drug-likeness (QED) is 0.708. The third-order valence-electron chi connectivity index (χ3n) is 3.54. The van der Waals surface area contributed by atoms with E-state index < -0.39 is 15.3 Å². The van der Waals surface area contributed by atoms with E-state index in [1.54, 1.807) is 23.6 Å². The van der Waals surface area contributed by atoms with Gasteiger partial charge in [-0.15, -0.1) is 0 Å². The Morgan fingerprint density at radius 2 is 2.25 bits per heavy atom. The zero-order valence-corrected chi connectivity index (χ0v) is 13.0. The second-order valence-corrected chi connectivity index (χ2v) is 7.72. The molecule has 20 heavy (non-hydrogen) atoms. The molecule has 1 atom stereocenters. The van der Waals surface area contributed by atoms with Crippen molar-refractivity contribution < 1.29 is 12.8 Å². The predicted octanol–water partition coefficient (Wildman–Crippen LogP) is 1.96. The molecule has 0 bridgehead atoms. The molecule has 1 aliphatic rings. The first-order valence-electron chi connectivity index (χ1n) is 7.29.